The Balaban J connectivity index is 1.53. The van der Waals surface area contributed by atoms with Gasteiger partial charge in [-0.3, -0.25) is 14.2 Å². The summed E-state index contributed by atoms with van der Waals surface area (Å²) in [7, 11) is 1.73. The van der Waals surface area contributed by atoms with Crippen LogP contribution in [0.5, 0.6) is 0 Å². The summed E-state index contributed by atoms with van der Waals surface area (Å²) in [4.78, 5) is 33.0. The number of fused-ring (bicyclic) bond motifs is 3. The summed E-state index contributed by atoms with van der Waals surface area (Å²) in [6.45, 7) is 0. The van der Waals surface area contributed by atoms with Crippen molar-refractivity contribution >= 4 is 56.7 Å². The lowest BCUT2D eigenvalue weighted by Gasteiger charge is -2.10. The molecule has 27 heavy (non-hydrogen) atoms. The van der Waals surface area contributed by atoms with Gasteiger partial charge >= 0.3 is 0 Å². The molecule has 2 heterocycles. The minimum atomic E-state index is -0.107. The molecule has 0 bridgehead atoms. The highest BCUT2D eigenvalue weighted by molar-refractivity contribution is 7.99. The lowest BCUT2D eigenvalue weighted by Crippen LogP contribution is -2.21. The van der Waals surface area contributed by atoms with Crippen LogP contribution in [0.3, 0.4) is 0 Å². The molecule has 2 aromatic heterocycles. The summed E-state index contributed by atoms with van der Waals surface area (Å²) >= 11 is 4.51. The average molecular weight is 418 g/mol. The lowest BCUT2D eigenvalue weighted by atomic mass is 10.2. The van der Waals surface area contributed by atoms with E-state index in [0.717, 1.165) is 40.1 Å². The van der Waals surface area contributed by atoms with Gasteiger partial charge in [0.1, 0.15) is 4.83 Å². The number of carbonyl (C=O) groups excluding carboxylic acids is 1. The van der Waals surface area contributed by atoms with Gasteiger partial charge in [-0.05, 0) is 43.2 Å². The van der Waals surface area contributed by atoms with Crippen LogP contribution in [-0.4, -0.2) is 27.5 Å². The molecule has 1 amide bonds. The Morgan fingerprint density at radius 2 is 2.15 bits per heavy atom. The zero-order chi connectivity index (χ0) is 19.0. The third kappa shape index (κ3) is 3.53. The minimum Gasteiger partial charge on any atom is -0.324 e. The molecule has 0 aliphatic heterocycles. The second-order valence-corrected chi connectivity index (χ2v) is 9.21. The molecule has 1 aliphatic rings. The highest BCUT2D eigenvalue weighted by Crippen LogP contribution is 2.35. The number of thiophene rings is 1. The number of aryl methyl sites for hydroxylation is 2. The van der Waals surface area contributed by atoms with Crippen molar-refractivity contribution in [2.24, 2.45) is 7.05 Å². The molecule has 0 atom stereocenters. The highest BCUT2D eigenvalue weighted by atomic mass is 32.2. The fourth-order valence-corrected chi connectivity index (χ4v) is 5.93. The van der Waals surface area contributed by atoms with Crippen molar-refractivity contribution in [2.45, 2.75) is 29.3 Å². The number of hydrogen-bond acceptors (Lipinski definition) is 6. The first-order chi connectivity index (χ1) is 13.1. The van der Waals surface area contributed by atoms with Crippen LogP contribution in [0.25, 0.3) is 10.2 Å². The van der Waals surface area contributed by atoms with Crippen molar-refractivity contribution in [1.29, 1.82) is 0 Å². The number of rotatable bonds is 5. The monoisotopic (exact) mass is 417 g/mol. The topological polar surface area (TPSA) is 64.0 Å². The van der Waals surface area contributed by atoms with Gasteiger partial charge in [0, 0.05) is 16.8 Å². The van der Waals surface area contributed by atoms with E-state index < -0.39 is 0 Å². The summed E-state index contributed by atoms with van der Waals surface area (Å²) in [6, 6.07) is 7.71. The number of nitrogens with zero attached hydrogens (tertiary/aromatic N) is 2. The Kier molecular flexibility index (Phi) is 5.29. The Morgan fingerprint density at radius 1 is 1.33 bits per heavy atom. The van der Waals surface area contributed by atoms with Gasteiger partial charge in [0.05, 0.1) is 16.8 Å². The highest BCUT2D eigenvalue weighted by Gasteiger charge is 2.22. The van der Waals surface area contributed by atoms with E-state index in [1.54, 1.807) is 34.7 Å². The number of nitrogens with one attached hydrogen (secondary N) is 1. The maximum Gasteiger partial charge on any atom is 0.262 e. The van der Waals surface area contributed by atoms with Crippen LogP contribution in [0.15, 0.2) is 39.1 Å². The Morgan fingerprint density at radius 3 is 2.96 bits per heavy atom. The van der Waals surface area contributed by atoms with Gasteiger partial charge in [0.25, 0.3) is 5.56 Å². The lowest BCUT2D eigenvalue weighted by molar-refractivity contribution is -0.113. The van der Waals surface area contributed by atoms with Crippen molar-refractivity contribution in [3.05, 3.63) is 45.1 Å². The molecule has 0 saturated heterocycles. The van der Waals surface area contributed by atoms with E-state index in [2.05, 4.69) is 10.3 Å². The maximum atomic E-state index is 12.8. The van der Waals surface area contributed by atoms with Crippen molar-refractivity contribution in [3.63, 3.8) is 0 Å². The first kappa shape index (κ1) is 18.6. The molecule has 5 nitrogen and oxygen atoms in total. The molecule has 1 N–H and O–H groups in total. The number of carbonyl (C=O) groups is 1. The molecule has 3 aromatic rings. The van der Waals surface area contributed by atoms with Crippen molar-refractivity contribution in [3.8, 4) is 0 Å². The zero-order valence-corrected chi connectivity index (χ0v) is 17.5. The first-order valence-corrected chi connectivity index (χ1v) is 11.7. The van der Waals surface area contributed by atoms with Crippen LogP contribution in [0.4, 0.5) is 5.69 Å². The molecule has 0 spiro atoms. The van der Waals surface area contributed by atoms with Crippen molar-refractivity contribution in [2.75, 3.05) is 17.3 Å². The van der Waals surface area contributed by atoms with Gasteiger partial charge in [0.15, 0.2) is 5.16 Å². The number of para-hydroxylation sites is 1. The third-order valence-electron chi connectivity index (χ3n) is 4.62. The van der Waals surface area contributed by atoms with E-state index in [-0.39, 0.29) is 17.2 Å². The summed E-state index contributed by atoms with van der Waals surface area (Å²) in [5, 5.41) is 4.30. The van der Waals surface area contributed by atoms with Crippen LogP contribution in [0, 0.1) is 0 Å². The van der Waals surface area contributed by atoms with E-state index in [1.165, 1.54) is 22.2 Å². The molecule has 140 valence electrons. The number of amides is 1. The molecule has 1 aromatic carbocycles. The smallest absolute Gasteiger partial charge is 0.262 e. The summed E-state index contributed by atoms with van der Waals surface area (Å²) in [5.41, 5.74) is 1.99. The fraction of sp³-hybridized carbons (Fsp3) is 0.316. The number of hydrogen-bond donors (Lipinski definition) is 1. The van der Waals surface area contributed by atoms with E-state index >= 15 is 0 Å². The molecule has 1 aliphatic carbocycles. The number of thioether (sulfide) groups is 2. The predicted octanol–water partition coefficient (Wildman–Crippen LogP) is 3.94. The van der Waals surface area contributed by atoms with Crippen LogP contribution >= 0.6 is 34.9 Å². The Bertz CT molecular complexity index is 1090. The van der Waals surface area contributed by atoms with E-state index in [4.69, 9.17) is 0 Å². The van der Waals surface area contributed by atoms with Crippen LogP contribution in [0.1, 0.15) is 16.9 Å². The van der Waals surface area contributed by atoms with Gasteiger partial charge in [-0.15, -0.1) is 23.1 Å². The Hall–Kier alpha value is -1.77. The molecule has 0 unspecified atom stereocenters. The minimum absolute atomic E-state index is 0.00460. The second kappa shape index (κ2) is 7.69. The van der Waals surface area contributed by atoms with E-state index in [1.807, 2.05) is 30.5 Å². The predicted molar refractivity (Wildman–Crippen MR) is 114 cm³/mol. The zero-order valence-electron chi connectivity index (χ0n) is 15.1. The molecule has 0 fully saturated rings. The molecular formula is C19H19N3O2S3. The number of aromatic nitrogens is 2. The SMILES string of the molecule is CSc1ccccc1NC(=O)CSc1nc2sc3c(c2c(=O)n1C)CCC3. The molecular weight excluding hydrogens is 398 g/mol. The van der Waals surface area contributed by atoms with Crippen LogP contribution in [0.2, 0.25) is 0 Å². The van der Waals surface area contributed by atoms with Crippen LogP contribution in [-0.2, 0) is 24.7 Å². The van der Waals surface area contributed by atoms with E-state index in [0.29, 0.717) is 5.16 Å². The van der Waals surface area contributed by atoms with Gasteiger partial charge < -0.3 is 5.32 Å². The molecule has 8 heteroatoms. The average Bonchev–Trinajstić information content (AvgIpc) is 3.24. The van der Waals surface area contributed by atoms with Crippen molar-refractivity contribution < 1.29 is 4.79 Å². The van der Waals surface area contributed by atoms with Gasteiger partial charge in [-0.1, -0.05) is 23.9 Å². The Labute approximate surface area is 169 Å². The second-order valence-electron chi connectivity index (χ2n) is 6.33. The normalized spacial score (nSPS) is 13.1. The molecule has 4 rings (SSSR count). The third-order valence-corrected chi connectivity index (χ3v) is 7.63. The molecule has 0 saturated carbocycles. The quantitative estimate of drug-likeness (QED) is 0.503. The standard InChI is InChI=1S/C19H19N3O2S3/c1-22-18(24)16-11-6-5-9-13(11)27-17(16)21-19(22)26-10-15(23)20-12-7-3-4-8-14(12)25-2/h3-4,7-8H,5-6,9-10H2,1-2H3,(H,20,23). The largest absolute Gasteiger partial charge is 0.324 e. The van der Waals surface area contributed by atoms with E-state index in [9.17, 15) is 9.59 Å². The number of benzene rings is 1. The fourth-order valence-electron chi connectivity index (χ4n) is 3.30. The maximum absolute atomic E-state index is 12.8. The first-order valence-electron chi connectivity index (χ1n) is 8.65. The van der Waals surface area contributed by atoms with Gasteiger partial charge in [-0.2, -0.15) is 0 Å². The summed E-state index contributed by atoms with van der Waals surface area (Å²) in [5.74, 6) is 0.101. The number of anilines is 1. The van der Waals surface area contributed by atoms with Crippen molar-refractivity contribution in [1.82, 2.24) is 9.55 Å². The summed E-state index contributed by atoms with van der Waals surface area (Å²) in [6.07, 6.45) is 5.11. The van der Waals surface area contributed by atoms with Gasteiger partial charge in [-0.25, -0.2) is 4.98 Å². The van der Waals surface area contributed by atoms with Gasteiger partial charge in [0.2, 0.25) is 5.91 Å². The van der Waals surface area contributed by atoms with Crippen LogP contribution < -0.4 is 10.9 Å². The summed E-state index contributed by atoms with van der Waals surface area (Å²) < 4.78 is 1.57. The molecule has 0 radical (unpaired) electrons.